The van der Waals surface area contributed by atoms with E-state index in [9.17, 15) is 0 Å². The second-order valence-electron chi connectivity index (χ2n) is 3.98. The molecular formula is C13H16NO+. The summed E-state index contributed by atoms with van der Waals surface area (Å²) in [4.78, 5) is 0. The number of hydrogen-bond donors (Lipinski definition) is 0. The van der Waals surface area contributed by atoms with Crippen LogP contribution in [-0.4, -0.2) is 0 Å². The maximum absolute atomic E-state index is 5.36. The molecule has 2 heterocycles. The highest BCUT2D eigenvalue weighted by Crippen LogP contribution is 2.05. The molecule has 0 atom stereocenters. The lowest BCUT2D eigenvalue weighted by molar-refractivity contribution is -0.701. The standard InChI is InChI=1S/C13H16NO/c1-10-7-11(2)14(12(3)8-10)9-13-5-4-6-15-13/h4-8H,9H2,1-3H3/q+1. The molecule has 0 aliphatic rings. The summed E-state index contributed by atoms with van der Waals surface area (Å²) in [6, 6.07) is 8.31. The van der Waals surface area contributed by atoms with Gasteiger partial charge in [-0.05, 0) is 24.6 Å². The van der Waals surface area contributed by atoms with Crippen molar-refractivity contribution in [2.24, 2.45) is 0 Å². The number of rotatable bonds is 2. The highest BCUT2D eigenvalue weighted by atomic mass is 16.3. The molecule has 78 valence electrons. The Kier molecular flexibility index (Phi) is 2.58. The second kappa shape index (κ2) is 3.89. The van der Waals surface area contributed by atoms with E-state index in [1.807, 2.05) is 12.1 Å². The Morgan fingerprint density at radius 2 is 1.80 bits per heavy atom. The monoisotopic (exact) mass is 202 g/mol. The quantitative estimate of drug-likeness (QED) is 0.684. The average molecular weight is 202 g/mol. The SMILES string of the molecule is Cc1cc(C)[n+](Cc2ccco2)c(C)c1. The average Bonchev–Trinajstić information content (AvgIpc) is 2.63. The topological polar surface area (TPSA) is 17.0 Å². The van der Waals surface area contributed by atoms with Gasteiger partial charge in [-0.2, -0.15) is 4.57 Å². The Labute approximate surface area is 90.2 Å². The number of aromatic nitrogens is 1. The van der Waals surface area contributed by atoms with E-state index in [0.717, 1.165) is 12.3 Å². The Balaban J connectivity index is 2.36. The minimum absolute atomic E-state index is 0.810. The van der Waals surface area contributed by atoms with Crippen molar-refractivity contribution in [3.63, 3.8) is 0 Å². The molecule has 0 aliphatic carbocycles. The lowest BCUT2D eigenvalue weighted by Crippen LogP contribution is -2.40. The van der Waals surface area contributed by atoms with Crippen molar-refractivity contribution in [2.75, 3.05) is 0 Å². The molecule has 2 heteroatoms. The van der Waals surface area contributed by atoms with Crippen LogP contribution >= 0.6 is 0 Å². The predicted octanol–water partition coefficient (Wildman–Crippen LogP) is 2.54. The molecule has 0 aromatic carbocycles. The van der Waals surface area contributed by atoms with Crippen molar-refractivity contribution < 1.29 is 8.98 Å². The van der Waals surface area contributed by atoms with Gasteiger partial charge in [-0.3, -0.25) is 0 Å². The highest BCUT2D eigenvalue weighted by Gasteiger charge is 2.13. The molecule has 2 rings (SSSR count). The summed E-state index contributed by atoms with van der Waals surface area (Å²) in [5, 5.41) is 0. The van der Waals surface area contributed by atoms with E-state index in [0.29, 0.717) is 0 Å². The van der Waals surface area contributed by atoms with Gasteiger partial charge >= 0.3 is 0 Å². The smallest absolute Gasteiger partial charge is 0.206 e. The molecule has 0 fully saturated rings. The fourth-order valence-corrected chi connectivity index (χ4v) is 1.94. The van der Waals surface area contributed by atoms with Crippen LogP contribution in [0, 0.1) is 20.8 Å². The van der Waals surface area contributed by atoms with Crippen LogP contribution in [0.3, 0.4) is 0 Å². The third-order valence-electron chi connectivity index (χ3n) is 2.62. The second-order valence-corrected chi connectivity index (χ2v) is 3.98. The zero-order chi connectivity index (χ0) is 10.8. The molecule has 0 amide bonds. The lowest BCUT2D eigenvalue weighted by Gasteiger charge is -2.03. The number of furan rings is 1. The Morgan fingerprint density at radius 3 is 2.33 bits per heavy atom. The zero-order valence-electron chi connectivity index (χ0n) is 9.45. The molecule has 2 nitrogen and oxygen atoms in total. The van der Waals surface area contributed by atoms with Gasteiger partial charge in [0.05, 0.1) is 6.26 Å². The van der Waals surface area contributed by atoms with Crippen LogP contribution in [0.15, 0.2) is 34.9 Å². The van der Waals surface area contributed by atoms with E-state index in [4.69, 9.17) is 4.42 Å². The summed E-state index contributed by atoms with van der Waals surface area (Å²) in [5.74, 6) is 0.995. The molecule has 0 spiro atoms. The van der Waals surface area contributed by atoms with Gasteiger partial charge in [-0.15, -0.1) is 0 Å². The summed E-state index contributed by atoms with van der Waals surface area (Å²) in [6.07, 6.45) is 1.72. The fraction of sp³-hybridized carbons (Fsp3) is 0.308. The molecule has 2 aromatic rings. The van der Waals surface area contributed by atoms with Crippen LogP contribution in [0.4, 0.5) is 0 Å². The van der Waals surface area contributed by atoms with Crippen LogP contribution in [0.25, 0.3) is 0 Å². The van der Waals surface area contributed by atoms with E-state index < -0.39 is 0 Å². The molecule has 2 aromatic heterocycles. The van der Waals surface area contributed by atoms with Crippen molar-refractivity contribution in [1.29, 1.82) is 0 Å². The van der Waals surface area contributed by atoms with Crippen molar-refractivity contribution in [2.45, 2.75) is 27.3 Å². The first-order valence-electron chi connectivity index (χ1n) is 5.17. The first-order valence-corrected chi connectivity index (χ1v) is 5.17. The van der Waals surface area contributed by atoms with Crippen LogP contribution in [0.5, 0.6) is 0 Å². The van der Waals surface area contributed by atoms with Crippen molar-refractivity contribution in [3.05, 3.63) is 53.2 Å². The Hall–Kier alpha value is -1.57. The van der Waals surface area contributed by atoms with Crippen LogP contribution < -0.4 is 4.57 Å². The van der Waals surface area contributed by atoms with E-state index in [1.165, 1.54) is 17.0 Å². The van der Waals surface area contributed by atoms with Gasteiger partial charge in [0.2, 0.25) is 6.54 Å². The third-order valence-corrected chi connectivity index (χ3v) is 2.62. The maximum Gasteiger partial charge on any atom is 0.206 e. The first kappa shape index (κ1) is 9.97. The molecular weight excluding hydrogens is 186 g/mol. The van der Waals surface area contributed by atoms with Gasteiger partial charge in [0.15, 0.2) is 17.1 Å². The van der Waals surface area contributed by atoms with Gasteiger partial charge in [0.1, 0.15) is 0 Å². The van der Waals surface area contributed by atoms with Crippen molar-refractivity contribution in [3.8, 4) is 0 Å². The molecule has 0 saturated carbocycles. The van der Waals surface area contributed by atoms with E-state index >= 15 is 0 Å². The van der Waals surface area contributed by atoms with Gasteiger partial charge in [0.25, 0.3) is 0 Å². The first-order chi connectivity index (χ1) is 7.16. The largest absolute Gasteiger partial charge is 0.463 e. The molecule has 0 radical (unpaired) electrons. The Morgan fingerprint density at radius 1 is 1.13 bits per heavy atom. The van der Waals surface area contributed by atoms with Gasteiger partial charge in [0, 0.05) is 26.0 Å². The van der Waals surface area contributed by atoms with Crippen molar-refractivity contribution >= 4 is 0 Å². The summed E-state index contributed by atoms with van der Waals surface area (Å²) < 4.78 is 7.61. The summed E-state index contributed by atoms with van der Waals surface area (Å²) in [5.41, 5.74) is 3.84. The van der Waals surface area contributed by atoms with Gasteiger partial charge in [-0.25, -0.2) is 0 Å². The molecule has 0 bridgehead atoms. The highest BCUT2D eigenvalue weighted by molar-refractivity contribution is 5.13. The summed E-state index contributed by atoms with van der Waals surface area (Å²) >= 11 is 0. The minimum Gasteiger partial charge on any atom is -0.463 e. The van der Waals surface area contributed by atoms with Crippen molar-refractivity contribution in [1.82, 2.24) is 0 Å². The number of pyridine rings is 1. The van der Waals surface area contributed by atoms with Crippen LogP contribution in [-0.2, 0) is 6.54 Å². The number of nitrogens with zero attached hydrogens (tertiary/aromatic N) is 1. The molecule has 0 saturated heterocycles. The summed E-state index contributed by atoms with van der Waals surface area (Å²) in [6.45, 7) is 7.19. The normalized spacial score (nSPS) is 10.6. The maximum atomic E-state index is 5.36. The van der Waals surface area contributed by atoms with E-state index in [2.05, 4.69) is 37.5 Å². The van der Waals surface area contributed by atoms with Gasteiger partial charge < -0.3 is 4.42 Å². The summed E-state index contributed by atoms with van der Waals surface area (Å²) in [7, 11) is 0. The number of aryl methyl sites for hydroxylation is 3. The zero-order valence-corrected chi connectivity index (χ0v) is 9.45. The fourth-order valence-electron chi connectivity index (χ4n) is 1.94. The molecule has 0 N–H and O–H groups in total. The van der Waals surface area contributed by atoms with Gasteiger partial charge in [-0.1, -0.05) is 0 Å². The molecule has 0 unspecified atom stereocenters. The Bertz CT molecular complexity index is 434. The number of hydrogen-bond acceptors (Lipinski definition) is 1. The van der Waals surface area contributed by atoms with E-state index in [1.54, 1.807) is 6.26 Å². The minimum atomic E-state index is 0.810. The van der Waals surface area contributed by atoms with Crippen LogP contribution in [0.2, 0.25) is 0 Å². The van der Waals surface area contributed by atoms with Crippen LogP contribution in [0.1, 0.15) is 22.7 Å². The molecule has 15 heavy (non-hydrogen) atoms. The predicted molar refractivity (Wildman–Crippen MR) is 58.7 cm³/mol. The van der Waals surface area contributed by atoms with E-state index in [-0.39, 0.29) is 0 Å². The molecule has 0 aliphatic heterocycles. The third kappa shape index (κ3) is 2.09. The lowest BCUT2D eigenvalue weighted by atomic mass is 10.2.